The third-order valence-electron chi connectivity index (χ3n) is 3.02. The molecular formula is C13H15ClN2O2. The van der Waals surface area contributed by atoms with Crippen LogP contribution >= 0.6 is 11.6 Å². The van der Waals surface area contributed by atoms with Crippen LogP contribution < -0.4 is 5.73 Å². The van der Waals surface area contributed by atoms with Crippen LogP contribution in [0, 0.1) is 6.92 Å². The summed E-state index contributed by atoms with van der Waals surface area (Å²) < 4.78 is 4.84. The first kappa shape index (κ1) is 12.8. The summed E-state index contributed by atoms with van der Waals surface area (Å²) in [5, 5.41) is 14.6. The minimum Gasteiger partial charge on any atom is -0.507 e. The summed E-state index contributed by atoms with van der Waals surface area (Å²) in [4.78, 5) is 0. The molecule has 5 heteroatoms. The van der Waals surface area contributed by atoms with E-state index in [4.69, 9.17) is 21.9 Å². The number of aromatic hydroxyl groups is 1. The van der Waals surface area contributed by atoms with Crippen molar-refractivity contribution < 1.29 is 9.63 Å². The molecule has 2 rings (SSSR count). The van der Waals surface area contributed by atoms with Crippen LogP contribution in [-0.4, -0.2) is 10.3 Å². The number of nitrogens with two attached hydrogens (primary N) is 1. The number of anilines is 1. The summed E-state index contributed by atoms with van der Waals surface area (Å²) in [7, 11) is 0. The third kappa shape index (κ3) is 1.93. The van der Waals surface area contributed by atoms with Crippen molar-refractivity contribution in [2.75, 3.05) is 5.73 Å². The molecule has 4 nitrogen and oxygen atoms in total. The Morgan fingerprint density at radius 2 is 2.11 bits per heavy atom. The molecule has 2 aromatic rings. The summed E-state index contributed by atoms with van der Waals surface area (Å²) in [5.41, 5.74) is 8.39. The van der Waals surface area contributed by atoms with Gasteiger partial charge < -0.3 is 15.4 Å². The minimum atomic E-state index is 0.155. The number of hydrogen-bond donors (Lipinski definition) is 2. The highest BCUT2D eigenvalue weighted by molar-refractivity contribution is 6.32. The fourth-order valence-corrected chi connectivity index (χ4v) is 2.17. The Morgan fingerprint density at radius 1 is 1.44 bits per heavy atom. The van der Waals surface area contributed by atoms with E-state index >= 15 is 0 Å². The zero-order valence-electron chi connectivity index (χ0n) is 10.5. The van der Waals surface area contributed by atoms with Gasteiger partial charge in [0.2, 0.25) is 5.88 Å². The monoisotopic (exact) mass is 266 g/mol. The molecule has 0 bridgehead atoms. The Bertz CT molecular complexity index is 591. The van der Waals surface area contributed by atoms with Crippen molar-refractivity contribution >= 4 is 17.5 Å². The summed E-state index contributed by atoms with van der Waals surface area (Å²) >= 11 is 6.20. The number of nitrogens with zero attached hydrogens (tertiary/aromatic N) is 1. The maximum atomic E-state index is 10.4. The van der Waals surface area contributed by atoms with Gasteiger partial charge in [0, 0.05) is 10.6 Å². The lowest BCUT2D eigenvalue weighted by Gasteiger charge is -2.15. The maximum absolute atomic E-state index is 10.4. The molecule has 0 atom stereocenters. The fourth-order valence-electron chi connectivity index (χ4n) is 1.96. The Balaban J connectivity index is 2.78. The molecule has 0 spiro atoms. The summed E-state index contributed by atoms with van der Waals surface area (Å²) in [6.45, 7) is 5.80. The first-order chi connectivity index (χ1) is 8.43. The van der Waals surface area contributed by atoms with Gasteiger partial charge in [0.1, 0.15) is 5.75 Å². The summed E-state index contributed by atoms with van der Waals surface area (Å²) in [6.07, 6.45) is 1.48. The van der Waals surface area contributed by atoms with Crippen LogP contribution in [0.4, 0.5) is 5.88 Å². The number of halogens is 1. The Labute approximate surface area is 110 Å². The number of nitrogen functional groups attached to an aromatic ring is 1. The van der Waals surface area contributed by atoms with Gasteiger partial charge in [-0.25, -0.2) is 0 Å². The highest BCUT2D eigenvalue weighted by Gasteiger charge is 2.20. The predicted molar refractivity (Wildman–Crippen MR) is 71.9 cm³/mol. The van der Waals surface area contributed by atoms with E-state index in [0.717, 1.165) is 11.1 Å². The highest BCUT2D eigenvalue weighted by atomic mass is 35.5. The third-order valence-corrected chi connectivity index (χ3v) is 3.41. The lowest BCUT2D eigenvalue weighted by atomic mass is 9.93. The second-order valence-corrected chi connectivity index (χ2v) is 4.96. The van der Waals surface area contributed by atoms with Crippen molar-refractivity contribution in [1.82, 2.24) is 5.16 Å². The molecule has 0 fully saturated rings. The van der Waals surface area contributed by atoms with Crippen LogP contribution in [0.2, 0.25) is 5.02 Å². The van der Waals surface area contributed by atoms with E-state index in [1.54, 1.807) is 6.07 Å². The Kier molecular flexibility index (Phi) is 3.22. The van der Waals surface area contributed by atoms with Gasteiger partial charge in [-0.05, 0) is 30.0 Å². The smallest absolute Gasteiger partial charge is 0.230 e. The van der Waals surface area contributed by atoms with Crippen LogP contribution in [-0.2, 0) is 0 Å². The van der Waals surface area contributed by atoms with E-state index in [9.17, 15) is 5.11 Å². The molecule has 3 N–H and O–H groups in total. The molecule has 1 aromatic carbocycles. The lowest BCUT2D eigenvalue weighted by Crippen LogP contribution is -1.95. The van der Waals surface area contributed by atoms with Crippen LogP contribution in [0.5, 0.6) is 5.75 Å². The molecule has 1 heterocycles. The van der Waals surface area contributed by atoms with Crippen LogP contribution in [0.1, 0.15) is 30.9 Å². The van der Waals surface area contributed by atoms with Crippen LogP contribution in [0.15, 0.2) is 16.8 Å². The standard InChI is InChI=1S/C13H15ClN2O2/c1-6(2)8-4-10(14)7(3)11(12(8)17)9-5-16-18-13(9)15/h4-6,17H,15H2,1-3H3. The van der Waals surface area contributed by atoms with E-state index < -0.39 is 0 Å². The predicted octanol–water partition coefficient (Wildman–Crippen LogP) is 3.71. The molecule has 18 heavy (non-hydrogen) atoms. The van der Waals surface area contributed by atoms with Crippen molar-refractivity contribution in [2.45, 2.75) is 26.7 Å². The molecule has 0 saturated heterocycles. The van der Waals surface area contributed by atoms with Crippen molar-refractivity contribution in [3.05, 3.63) is 28.4 Å². The first-order valence-corrected chi connectivity index (χ1v) is 6.03. The van der Waals surface area contributed by atoms with E-state index in [0.29, 0.717) is 16.1 Å². The van der Waals surface area contributed by atoms with Gasteiger partial charge in [-0.2, -0.15) is 0 Å². The quantitative estimate of drug-likeness (QED) is 0.869. The lowest BCUT2D eigenvalue weighted by molar-refractivity contribution is 0.436. The largest absolute Gasteiger partial charge is 0.507 e. The molecule has 0 aliphatic rings. The van der Waals surface area contributed by atoms with Crippen LogP contribution in [0.3, 0.4) is 0 Å². The highest BCUT2D eigenvalue weighted by Crippen LogP contribution is 2.43. The minimum absolute atomic E-state index is 0.155. The fraction of sp³-hybridized carbons (Fsp3) is 0.308. The number of phenols is 1. The van der Waals surface area contributed by atoms with E-state index in [2.05, 4.69) is 5.16 Å². The van der Waals surface area contributed by atoms with Crippen LogP contribution in [0.25, 0.3) is 11.1 Å². The molecule has 0 aliphatic carbocycles. The number of aromatic nitrogens is 1. The molecule has 96 valence electrons. The van der Waals surface area contributed by atoms with Crippen molar-refractivity contribution in [2.24, 2.45) is 0 Å². The average Bonchev–Trinajstić information content (AvgIpc) is 2.70. The number of benzene rings is 1. The molecule has 0 unspecified atom stereocenters. The average molecular weight is 267 g/mol. The molecule has 0 aliphatic heterocycles. The van der Waals surface area contributed by atoms with Gasteiger partial charge in [0.05, 0.1) is 11.8 Å². The Hall–Kier alpha value is -1.68. The second kappa shape index (κ2) is 4.53. The molecular weight excluding hydrogens is 252 g/mol. The van der Waals surface area contributed by atoms with E-state index in [1.165, 1.54) is 6.20 Å². The maximum Gasteiger partial charge on any atom is 0.230 e. The molecule has 0 radical (unpaired) electrons. The number of rotatable bonds is 2. The van der Waals surface area contributed by atoms with Gasteiger partial charge in [-0.15, -0.1) is 0 Å². The van der Waals surface area contributed by atoms with Crippen molar-refractivity contribution in [3.8, 4) is 16.9 Å². The van der Waals surface area contributed by atoms with Crippen molar-refractivity contribution in [3.63, 3.8) is 0 Å². The SMILES string of the molecule is Cc1c(Cl)cc(C(C)C)c(O)c1-c1cnoc1N. The molecule has 0 amide bonds. The zero-order valence-corrected chi connectivity index (χ0v) is 11.2. The number of hydrogen-bond acceptors (Lipinski definition) is 4. The topological polar surface area (TPSA) is 72.3 Å². The summed E-state index contributed by atoms with van der Waals surface area (Å²) in [6, 6.07) is 1.78. The number of phenolic OH excluding ortho intramolecular Hbond substituents is 1. The van der Waals surface area contributed by atoms with Gasteiger partial charge >= 0.3 is 0 Å². The van der Waals surface area contributed by atoms with Gasteiger partial charge in [-0.1, -0.05) is 30.6 Å². The Morgan fingerprint density at radius 3 is 2.61 bits per heavy atom. The normalized spacial score (nSPS) is 11.2. The zero-order chi connectivity index (χ0) is 13.4. The van der Waals surface area contributed by atoms with Gasteiger partial charge in [0.15, 0.2) is 0 Å². The van der Waals surface area contributed by atoms with E-state index in [-0.39, 0.29) is 17.6 Å². The van der Waals surface area contributed by atoms with Gasteiger partial charge in [0.25, 0.3) is 0 Å². The summed E-state index contributed by atoms with van der Waals surface area (Å²) in [5.74, 6) is 0.509. The molecule has 0 saturated carbocycles. The molecule has 1 aromatic heterocycles. The van der Waals surface area contributed by atoms with Gasteiger partial charge in [-0.3, -0.25) is 0 Å². The first-order valence-electron chi connectivity index (χ1n) is 5.66. The van der Waals surface area contributed by atoms with Crippen molar-refractivity contribution in [1.29, 1.82) is 0 Å². The second-order valence-electron chi connectivity index (χ2n) is 4.55. The van der Waals surface area contributed by atoms with E-state index in [1.807, 2.05) is 20.8 Å².